The maximum atomic E-state index is 11.9. The molecule has 3 aliphatic rings. The molecule has 2 N–H and O–H groups in total. The molecule has 0 amide bonds. The van der Waals surface area contributed by atoms with Crippen molar-refractivity contribution in [1.29, 1.82) is 0 Å². The first-order valence-electron chi connectivity index (χ1n) is 10.9. The van der Waals surface area contributed by atoms with E-state index in [9.17, 15) is 9.90 Å². The number of thioether (sulfide) groups is 2. The van der Waals surface area contributed by atoms with Crippen LogP contribution in [0, 0.1) is 0 Å². The van der Waals surface area contributed by atoms with Gasteiger partial charge in [-0.05, 0) is 55.0 Å². The number of nitrogens with zero attached hydrogens (tertiary/aromatic N) is 2. The Balaban J connectivity index is 1.39. The molecule has 0 bridgehead atoms. The van der Waals surface area contributed by atoms with Gasteiger partial charge in [-0.3, -0.25) is 4.79 Å². The molecule has 2 aromatic carbocycles. The number of carboxylic acid groups (broad SMARTS) is 1. The summed E-state index contributed by atoms with van der Waals surface area (Å²) < 4.78 is -0.768. The second kappa shape index (κ2) is 7.41. The van der Waals surface area contributed by atoms with Crippen molar-refractivity contribution in [3.05, 3.63) is 47.7 Å². The SMILES string of the molecule is O=C(O)C1(Sc2nc3c(c(Nc4ccc(C5CC5)c5ccccc45)n2)SCC3)CCC1. The third-order valence-electron chi connectivity index (χ3n) is 6.57. The van der Waals surface area contributed by atoms with Crippen LogP contribution < -0.4 is 5.32 Å². The Morgan fingerprint density at radius 2 is 1.94 bits per heavy atom. The van der Waals surface area contributed by atoms with E-state index >= 15 is 0 Å². The normalized spacial score (nSPS) is 19.1. The number of anilines is 2. The molecule has 0 spiro atoms. The molecule has 1 aliphatic heterocycles. The Morgan fingerprint density at radius 1 is 1.13 bits per heavy atom. The van der Waals surface area contributed by atoms with Crippen molar-refractivity contribution >= 4 is 51.8 Å². The number of hydrogen-bond donors (Lipinski definition) is 2. The standard InChI is InChI=1S/C24H23N3O2S2/c28-22(29)24(11-3-12-24)31-23-26-19-10-13-30-20(19)21(27-23)25-18-9-8-15(14-6-7-14)16-4-1-2-5-17(16)18/h1-2,4-5,8-9,14H,3,6-7,10-13H2,(H,28,29)(H,25,26,27). The smallest absolute Gasteiger partial charge is 0.320 e. The Labute approximate surface area is 189 Å². The molecule has 2 fully saturated rings. The van der Waals surface area contributed by atoms with Gasteiger partial charge in [0.2, 0.25) is 0 Å². The van der Waals surface area contributed by atoms with Gasteiger partial charge in [0.1, 0.15) is 10.6 Å². The fraction of sp³-hybridized carbons (Fsp3) is 0.375. The Bertz CT molecular complexity index is 1200. The van der Waals surface area contributed by atoms with E-state index in [1.165, 1.54) is 40.9 Å². The number of aromatic nitrogens is 2. The average Bonchev–Trinajstić information content (AvgIpc) is 3.47. The lowest BCUT2D eigenvalue weighted by Gasteiger charge is -2.36. The molecule has 31 heavy (non-hydrogen) atoms. The van der Waals surface area contributed by atoms with Crippen LogP contribution in [0.2, 0.25) is 0 Å². The quantitative estimate of drug-likeness (QED) is 0.447. The Kier molecular flexibility index (Phi) is 4.65. The third kappa shape index (κ3) is 3.38. The molecule has 6 rings (SSSR count). The molecule has 158 valence electrons. The van der Waals surface area contributed by atoms with Crippen LogP contribution >= 0.6 is 23.5 Å². The van der Waals surface area contributed by atoms with E-state index in [0.29, 0.717) is 23.9 Å². The minimum Gasteiger partial charge on any atom is -0.480 e. The first-order chi connectivity index (χ1) is 15.1. The summed E-state index contributed by atoms with van der Waals surface area (Å²) in [5, 5.41) is 16.4. The van der Waals surface area contributed by atoms with Gasteiger partial charge < -0.3 is 10.4 Å². The van der Waals surface area contributed by atoms with Crippen molar-refractivity contribution in [2.45, 2.75) is 59.2 Å². The maximum absolute atomic E-state index is 11.9. The van der Waals surface area contributed by atoms with E-state index < -0.39 is 10.7 Å². The fourth-order valence-corrected chi connectivity index (χ4v) is 6.79. The molecule has 0 radical (unpaired) electrons. The van der Waals surface area contributed by atoms with Gasteiger partial charge in [-0.15, -0.1) is 11.8 Å². The minimum absolute atomic E-state index is 0.574. The van der Waals surface area contributed by atoms with Gasteiger partial charge in [-0.1, -0.05) is 42.1 Å². The minimum atomic E-state index is -0.768. The molecule has 1 aromatic heterocycles. The van der Waals surface area contributed by atoms with Gasteiger partial charge in [0.05, 0.1) is 10.6 Å². The van der Waals surface area contributed by atoms with Gasteiger partial charge in [0.25, 0.3) is 0 Å². The largest absolute Gasteiger partial charge is 0.480 e. The number of carboxylic acids is 1. The summed E-state index contributed by atoms with van der Waals surface area (Å²) in [5.41, 5.74) is 3.51. The Hall–Kier alpha value is -2.25. The molecule has 5 nitrogen and oxygen atoms in total. The van der Waals surface area contributed by atoms with Crippen LogP contribution in [0.4, 0.5) is 11.5 Å². The van der Waals surface area contributed by atoms with Crippen LogP contribution in [-0.2, 0) is 11.2 Å². The highest BCUT2D eigenvalue weighted by atomic mass is 32.2. The van der Waals surface area contributed by atoms with E-state index in [1.54, 1.807) is 11.8 Å². The lowest BCUT2D eigenvalue weighted by atomic mass is 9.84. The highest BCUT2D eigenvalue weighted by Gasteiger charge is 2.46. The van der Waals surface area contributed by atoms with E-state index in [1.807, 2.05) is 0 Å². The second-order valence-electron chi connectivity index (χ2n) is 8.63. The summed E-state index contributed by atoms with van der Waals surface area (Å²) in [7, 11) is 0. The van der Waals surface area contributed by atoms with Gasteiger partial charge in [0, 0.05) is 23.2 Å². The zero-order valence-corrected chi connectivity index (χ0v) is 18.7. The van der Waals surface area contributed by atoms with Crippen molar-refractivity contribution in [3.63, 3.8) is 0 Å². The van der Waals surface area contributed by atoms with E-state index in [2.05, 4.69) is 41.7 Å². The molecule has 2 heterocycles. The Morgan fingerprint density at radius 3 is 2.65 bits per heavy atom. The van der Waals surface area contributed by atoms with Gasteiger partial charge in [-0.25, -0.2) is 9.97 Å². The van der Waals surface area contributed by atoms with Crippen LogP contribution in [0.3, 0.4) is 0 Å². The average molecular weight is 450 g/mol. The number of hydrogen-bond acceptors (Lipinski definition) is 6. The molecule has 0 saturated heterocycles. The zero-order valence-electron chi connectivity index (χ0n) is 17.1. The first-order valence-corrected chi connectivity index (χ1v) is 12.7. The van der Waals surface area contributed by atoms with Gasteiger partial charge in [-0.2, -0.15) is 0 Å². The highest BCUT2D eigenvalue weighted by molar-refractivity contribution is 8.01. The molecule has 3 aromatic rings. The second-order valence-corrected chi connectivity index (χ2v) is 11.1. The number of fused-ring (bicyclic) bond motifs is 2. The summed E-state index contributed by atoms with van der Waals surface area (Å²) >= 11 is 3.10. The number of nitrogens with one attached hydrogen (secondary N) is 1. The topological polar surface area (TPSA) is 75.1 Å². The van der Waals surface area contributed by atoms with Crippen molar-refractivity contribution in [2.75, 3.05) is 11.1 Å². The number of carbonyl (C=O) groups is 1. The first kappa shape index (κ1) is 19.4. The van der Waals surface area contributed by atoms with Crippen molar-refractivity contribution in [1.82, 2.24) is 9.97 Å². The monoisotopic (exact) mass is 449 g/mol. The molecule has 2 aliphatic carbocycles. The van der Waals surface area contributed by atoms with Crippen LogP contribution in [0.1, 0.15) is 49.3 Å². The predicted molar refractivity (Wildman–Crippen MR) is 126 cm³/mol. The molecular weight excluding hydrogens is 426 g/mol. The number of aryl methyl sites for hydroxylation is 1. The summed E-state index contributed by atoms with van der Waals surface area (Å²) in [6, 6.07) is 13.0. The molecule has 0 unspecified atom stereocenters. The van der Waals surface area contributed by atoms with Crippen molar-refractivity contribution < 1.29 is 9.90 Å². The van der Waals surface area contributed by atoms with E-state index in [4.69, 9.17) is 9.97 Å². The third-order valence-corrected chi connectivity index (χ3v) is 9.03. The van der Waals surface area contributed by atoms with Crippen molar-refractivity contribution in [2.24, 2.45) is 0 Å². The number of aliphatic carboxylic acids is 1. The van der Waals surface area contributed by atoms with Crippen LogP contribution in [0.15, 0.2) is 46.5 Å². The number of rotatable bonds is 6. The zero-order chi connectivity index (χ0) is 21.0. The van der Waals surface area contributed by atoms with Crippen molar-refractivity contribution in [3.8, 4) is 0 Å². The maximum Gasteiger partial charge on any atom is 0.320 e. The van der Waals surface area contributed by atoms with E-state index in [0.717, 1.165) is 40.7 Å². The van der Waals surface area contributed by atoms with Gasteiger partial charge in [0.15, 0.2) is 5.16 Å². The van der Waals surface area contributed by atoms with Crippen LogP contribution in [0.5, 0.6) is 0 Å². The summed E-state index contributed by atoms with van der Waals surface area (Å²) in [6.07, 6.45) is 5.75. The molecule has 0 atom stereocenters. The predicted octanol–water partition coefficient (Wildman–Crippen LogP) is 6.00. The molecular formula is C24H23N3O2S2. The summed E-state index contributed by atoms with van der Waals surface area (Å²) in [5.74, 6) is 1.73. The lowest BCUT2D eigenvalue weighted by molar-refractivity contribution is -0.142. The highest BCUT2D eigenvalue weighted by Crippen LogP contribution is 2.49. The molecule has 2 saturated carbocycles. The molecule has 7 heteroatoms. The number of benzene rings is 2. The lowest BCUT2D eigenvalue weighted by Crippen LogP contribution is -2.42. The van der Waals surface area contributed by atoms with Gasteiger partial charge >= 0.3 is 5.97 Å². The van der Waals surface area contributed by atoms with Crippen LogP contribution in [0.25, 0.3) is 10.8 Å². The summed E-state index contributed by atoms with van der Waals surface area (Å²) in [4.78, 5) is 22.5. The van der Waals surface area contributed by atoms with E-state index in [-0.39, 0.29) is 0 Å². The summed E-state index contributed by atoms with van der Waals surface area (Å²) in [6.45, 7) is 0. The fourth-order valence-electron chi connectivity index (χ4n) is 4.52. The van der Waals surface area contributed by atoms with Crippen LogP contribution in [-0.4, -0.2) is 31.5 Å².